The Morgan fingerprint density at radius 2 is 1.75 bits per heavy atom. The molecule has 3 heteroatoms. The van der Waals surface area contributed by atoms with Gasteiger partial charge < -0.3 is 5.32 Å². The molecule has 1 atom stereocenters. The Kier molecular flexibility index (Phi) is 5.14. The van der Waals surface area contributed by atoms with E-state index in [1.54, 1.807) is 11.8 Å². The van der Waals surface area contributed by atoms with Crippen LogP contribution in [0.1, 0.15) is 49.3 Å². The van der Waals surface area contributed by atoms with E-state index >= 15 is 0 Å². The zero-order chi connectivity index (χ0) is 14.7. The SMILES string of the molecule is Cc1cc(C)c(S[C@H](C)C(=O)NC2CCCC2)c(C)c1. The molecule has 0 radical (unpaired) electrons. The predicted molar refractivity (Wildman–Crippen MR) is 86.4 cm³/mol. The molecular formula is C17H25NOS. The van der Waals surface area contributed by atoms with Crippen LogP contribution in [0.4, 0.5) is 0 Å². The van der Waals surface area contributed by atoms with E-state index < -0.39 is 0 Å². The van der Waals surface area contributed by atoms with Gasteiger partial charge in [-0.25, -0.2) is 0 Å². The lowest BCUT2D eigenvalue weighted by atomic mass is 10.1. The normalized spacial score (nSPS) is 17.2. The third-order valence-electron chi connectivity index (χ3n) is 3.97. The number of aryl methyl sites for hydroxylation is 3. The second-order valence-corrected chi connectivity index (χ2v) is 7.33. The maximum atomic E-state index is 12.3. The Hall–Kier alpha value is -0.960. The maximum absolute atomic E-state index is 12.3. The first-order chi connectivity index (χ1) is 9.47. The van der Waals surface area contributed by atoms with Gasteiger partial charge in [0.25, 0.3) is 0 Å². The molecule has 0 bridgehead atoms. The van der Waals surface area contributed by atoms with Crippen molar-refractivity contribution in [2.24, 2.45) is 0 Å². The van der Waals surface area contributed by atoms with Crippen molar-refractivity contribution in [3.63, 3.8) is 0 Å². The highest BCUT2D eigenvalue weighted by Crippen LogP contribution is 2.31. The molecule has 1 aliphatic carbocycles. The topological polar surface area (TPSA) is 29.1 Å². The minimum atomic E-state index is -0.0318. The van der Waals surface area contributed by atoms with Crippen LogP contribution in [0.15, 0.2) is 17.0 Å². The molecule has 1 aromatic rings. The standard InChI is InChI=1S/C17H25NOS/c1-11-9-12(2)16(13(3)10-11)20-14(4)17(19)18-15-7-5-6-8-15/h9-10,14-15H,5-8H2,1-4H3,(H,18,19)/t14-/m1/s1. The summed E-state index contributed by atoms with van der Waals surface area (Å²) < 4.78 is 0. The van der Waals surface area contributed by atoms with Gasteiger partial charge in [0.15, 0.2) is 0 Å². The van der Waals surface area contributed by atoms with Crippen molar-refractivity contribution in [2.75, 3.05) is 0 Å². The summed E-state index contributed by atoms with van der Waals surface area (Å²) in [4.78, 5) is 13.5. The molecule has 0 aliphatic heterocycles. The minimum Gasteiger partial charge on any atom is -0.352 e. The lowest BCUT2D eigenvalue weighted by molar-refractivity contribution is -0.120. The number of carbonyl (C=O) groups excluding carboxylic acids is 1. The molecule has 20 heavy (non-hydrogen) atoms. The first-order valence-corrected chi connectivity index (χ1v) is 8.40. The van der Waals surface area contributed by atoms with Gasteiger partial charge in [0, 0.05) is 10.9 Å². The van der Waals surface area contributed by atoms with Crippen LogP contribution in [0.5, 0.6) is 0 Å². The molecule has 2 rings (SSSR count). The van der Waals surface area contributed by atoms with E-state index in [9.17, 15) is 4.79 Å². The molecule has 0 heterocycles. The zero-order valence-corrected chi connectivity index (χ0v) is 13.8. The van der Waals surface area contributed by atoms with Gasteiger partial charge in [0.1, 0.15) is 0 Å². The van der Waals surface area contributed by atoms with Crippen molar-refractivity contribution in [3.8, 4) is 0 Å². The number of amides is 1. The molecule has 1 N–H and O–H groups in total. The number of rotatable bonds is 4. The first kappa shape index (κ1) is 15.4. The molecule has 0 spiro atoms. The molecule has 1 fully saturated rings. The van der Waals surface area contributed by atoms with Crippen LogP contribution in [-0.4, -0.2) is 17.2 Å². The van der Waals surface area contributed by atoms with E-state index in [0.717, 1.165) is 12.8 Å². The molecular weight excluding hydrogens is 266 g/mol. The highest BCUT2D eigenvalue weighted by Gasteiger charge is 2.22. The van der Waals surface area contributed by atoms with Crippen molar-refractivity contribution >= 4 is 17.7 Å². The summed E-state index contributed by atoms with van der Waals surface area (Å²) in [6, 6.07) is 4.79. The lowest BCUT2D eigenvalue weighted by Gasteiger charge is -2.18. The molecule has 0 aromatic heterocycles. The summed E-state index contributed by atoms with van der Waals surface area (Å²) in [6.45, 7) is 8.38. The average molecular weight is 291 g/mol. The number of nitrogens with one attached hydrogen (secondary N) is 1. The fourth-order valence-corrected chi connectivity index (χ4v) is 3.99. The van der Waals surface area contributed by atoms with Gasteiger partial charge in [-0.05, 0) is 51.7 Å². The third-order valence-corrected chi connectivity index (χ3v) is 5.42. The monoisotopic (exact) mass is 291 g/mol. The van der Waals surface area contributed by atoms with Gasteiger partial charge >= 0.3 is 0 Å². The van der Waals surface area contributed by atoms with E-state index in [-0.39, 0.29) is 11.2 Å². The predicted octanol–water partition coefficient (Wildman–Crippen LogP) is 4.15. The number of hydrogen-bond donors (Lipinski definition) is 1. The number of hydrogen-bond acceptors (Lipinski definition) is 2. The lowest BCUT2D eigenvalue weighted by Crippen LogP contribution is -2.37. The Morgan fingerprint density at radius 1 is 1.20 bits per heavy atom. The van der Waals surface area contributed by atoms with Gasteiger partial charge in [-0.1, -0.05) is 30.5 Å². The molecule has 110 valence electrons. The molecule has 0 unspecified atom stereocenters. The fourth-order valence-electron chi connectivity index (χ4n) is 2.97. The minimum absolute atomic E-state index is 0.0318. The molecule has 0 saturated heterocycles. The summed E-state index contributed by atoms with van der Waals surface area (Å²) in [6.07, 6.45) is 4.79. The van der Waals surface area contributed by atoms with E-state index in [1.807, 2.05) is 6.92 Å². The zero-order valence-electron chi connectivity index (χ0n) is 13.0. The number of carbonyl (C=O) groups is 1. The van der Waals surface area contributed by atoms with Crippen LogP contribution >= 0.6 is 11.8 Å². The van der Waals surface area contributed by atoms with Crippen molar-refractivity contribution in [1.29, 1.82) is 0 Å². The maximum Gasteiger partial charge on any atom is 0.233 e. The third kappa shape index (κ3) is 3.78. The summed E-state index contributed by atoms with van der Waals surface area (Å²) in [5.41, 5.74) is 3.83. The summed E-state index contributed by atoms with van der Waals surface area (Å²) in [7, 11) is 0. The second-order valence-electron chi connectivity index (χ2n) is 5.98. The molecule has 1 saturated carbocycles. The smallest absolute Gasteiger partial charge is 0.233 e. The molecule has 1 aromatic carbocycles. The van der Waals surface area contributed by atoms with Gasteiger partial charge in [-0.3, -0.25) is 4.79 Å². The Labute approximate surface area is 126 Å². The summed E-state index contributed by atoms with van der Waals surface area (Å²) in [5.74, 6) is 0.182. The average Bonchev–Trinajstić information content (AvgIpc) is 2.86. The Bertz CT molecular complexity index is 469. The van der Waals surface area contributed by atoms with E-state index in [0.29, 0.717) is 6.04 Å². The molecule has 1 amide bonds. The van der Waals surface area contributed by atoms with Crippen molar-refractivity contribution in [1.82, 2.24) is 5.32 Å². The highest BCUT2D eigenvalue weighted by atomic mass is 32.2. The number of thioether (sulfide) groups is 1. The van der Waals surface area contributed by atoms with Crippen LogP contribution in [0.25, 0.3) is 0 Å². The fraction of sp³-hybridized carbons (Fsp3) is 0.588. The van der Waals surface area contributed by atoms with Gasteiger partial charge in [-0.15, -0.1) is 11.8 Å². The van der Waals surface area contributed by atoms with E-state index in [1.165, 1.54) is 34.4 Å². The van der Waals surface area contributed by atoms with Crippen LogP contribution in [0, 0.1) is 20.8 Å². The van der Waals surface area contributed by atoms with E-state index in [2.05, 4.69) is 38.2 Å². The van der Waals surface area contributed by atoms with E-state index in [4.69, 9.17) is 0 Å². The largest absolute Gasteiger partial charge is 0.352 e. The number of benzene rings is 1. The van der Waals surface area contributed by atoms with Crippen LogP contribution < -0.4 is 5.32 Å². The van der Waals surface area contributed by atoms with Crippen LogP contribution in [-0.2, 0) is 4.79 Å². The summed E-state index contributed by atoms with van der Waals surface area (Å²) in [5, 5.41) is 3.16. The van der Waals surface area contributed by atoms with Crippen molar-refractivity contribution in [3.05, 3.63) is 28.8 Å². The molecule has 1 aliphatic rings. The summed E-state index contributed by atoms with van der Waals surface area (Å²) >= 11 is 1.68. The van der Waals surface area contributed by atoms with Gasteiger partial charge in [0.05, 0.1) is 5.25 Å². The Balaban J connectivity index is 2.00. The van der Waals surface area contributed by atoms with Crippen molar-refractivity contribution in [2.45, 2.75) is 69.6 Å². The van der Waals surface area contributed by atoms with Gasteiger partial charge in [0.2, 0.25) is 5.91 Å². The highest BCUT2D eigenvalue weighted by molar-refractivity contribution is 8.00. The quantitative estimate of drug-likeness (QED) is 0.844. The Morgan fingerprint density at radius 3 is 2.30 bits per heavy atom. The van der Waals surface area contributed by atoms with Crippen molar-refractivity contribution < 1.29 is 4.79 Å². The van der Waals surface area contributed by atoms with Crippen LogP contribution in [0.3, 0.4) is 0 Å². The van der Waals surface area contributed by atoms with Gasteiger partial charge in [-0.2, -0.15) is 0 Å². The van der Waals surface area contributed by atoms with Crippen LogP contribution in [0.2, 0.25) is 0 Å². The first-order valence-electron chi connectivity index (χ1n) is 7.52. The second kappa shape index (κ2) is 6.66. The molecule has 2 nitrogen and oxygen atoms in total.